The van der Waals surface area contributed by atoms with Crippen molar-refractivity contribution in [3.05, 3.63) is 0 Å². The van der Waals surface area contributed by atoms with Gasteiger partial charge in [-0.15, -0.1) is 0 Å². The average molecular weight is 531 g/mol. The number of hydrogen-bond acceptors (Lipinski definition) is 7. The molecule has 10 nitrogen and oxygen atoms in total. The molecule has 0 aliphatic carbocycles. The highest BCUT2D eigenvalue weighted by atomic mass is 79.9. The normalized spacial score (nSPS) is 36.7. The fourth-order valence-corrected chi connectivity index (χ4v) is 6.80. The fourth-order valence-electron chi connectivity index (χ4n) is 5.85. The third-order valence-corrected chi connectivity index (χ3v) is 8.24. The quantitative estimate of drug-likeness (QED) is 0.330. The van der Waals surface area contributed by atoms with Gasteiger partial charge in [0.05, 0.1) is 43.8 Å². The van der Waals surface area contributed by atoms with E-state index in [4.69, 9.17) is 9.47 Å². The number of rotatable bonds is 9. The molecule has 1 spiro atoms. The third kappa shape index (κ3) is 4.31. The van der Waals surface area contributed by atoms with Crippen LogP contribution in [-0.4, -0.2) is 114 Å². The van der Waals surface area contributed by atoms with Crippen LogP contribution < -0.4 is 10.6 Å². The lowest BCUT2D eigenvalue weighted by Gasteiger charge is -2.36. The Labute approximate surface area is 202 Å². The molecule has 0 saturated carbocycles. The number of carbonyl (C=O) groups excluding carboxylic acids is 3. The number of hydrogen-bond donors (Lipinski definition) is 3. The van der Waals surface area contributed by atoms with Gasteiger partial charge < -0.3 is 30.1 Å². The Kier molecular flexibility index (Phi) is 7.64. The van der Waals surface area contributed by atoms with E-state index >= 15 is 0 Å². The van der Waals surface area contributed by atoms with Gasteiger partial charge in [-0.3, -0.25) is 19.3 Å². The van der Waals surface area contributed by atoms with Crippen LogP contribution in [0.4, 0.5) is 0 Å². The maximum Gasteiger partial charge on any atom is 0.245 e. The van der Waals surface area contributed by atoms with Crippen LogP contribution >= 0.6 is 15.9 Å². The van der Waals surface area contributed by atoms with Crippen molar-refractivity contribution in [1.82, 2.24) is 20.4 Å². The lowest BCUT2D eigenvalue weighted by molar-refractivity contribution is -0.145. The number of aliphatic hydroxyl groups is 1. The molecule has 0 radical (unpaired) electrons. The number of morpholine rings is 1. The zero-order chi connectivity index (χ0) is 23.8. The molecule has 4 aliphatic rings. The Hall–Kier alpha value is -1.27. The summed E-state index contributed by atoms with van der Waals surface area (Å²) in [5.41, 5.74) is -1.09. The van der Waals surface area contributed by atoms with Crippen LogP contribution in [0.3, 0.4) is 0 Å². The number of ether oxygens (including phenoxy) is 2. The van der Waals surface area contributed by atoms with E-state index in [1.54, 1.807) is 6.92 Å². The molecule has 3 N–H and O–H groups in total. The van der Waals surface area contributed by atoms with Crippen LogP contribution in [0.25, 0.3) is 0 Å². The smallest absolute Gasteiger partial charge is 0.245 e. The van der Waals surface area contributed by atoms with E-state index in [0.717, 1.165) is 19.5 Å². The van der Waals surface area contributed by atoms with Gasteiger partial charge in [-0.1, -0.05) is 22.9 Å². The number of amides is 3. The van der Waals surface area contributed by atoms with Crippen molar-refractivity contribution in [3.8, 4) is 0 Å². The number of nitrogens with one attached hydrogen (secondary N) is 2. The number of likely N-dealkylation sites (tertiary alicyclic amines) is 1. The molecule has 4 heterocycles. The molecule has 4 aliphatic heterocycles. The van der Waals surface area contributed by atoms with Gasteiger partial charge in [0.15, 0.2) is 0 Å². The monoisotopic (exact) mass is 530 g/mol. The molecular weight excluding hydrogens is 496 g/mol. The van der Waals surface area contributed by atoms with E-state index in [2.05, 4.69) is 31.5 Å². The predicted octanol–water partition coefficient (Wildman–Crippen LogP) is -0.910. The topological polar surface area (TPSA) is 120 Å². The van der Waals surface area contributed by atoms with Gasteiger partial charge in [0, 0.05) is 37.6 Å². The van der Waals surface area contributed by atoms with E-state index < -0.39 is 35.6 Å². The molecular formula is C22H35BrN4O6. The molecule has 4 fully saturated rings. The van der Waals surface area contributed by atoms with Crippen molar-refractivity contribution in [2.75, 3.05) is 52.5 Å². The number of carbonyl (C=O) groups is 3. The number of fused-ring (bicyclic) bond motifs is 1. The van der Waals surface area contributed by atoms with Crippen molar-refractivity contribution in [1.29, 1.82) is 0 Å². The molecule has 186 valence electrons. The summed E-state index contributed by atoms with van der Waals surface area (Å²) in [6, 6.07) is -1.46. The van der Waals surface area contributed by atoms with E-state index in [1.807, 2.05) is 6.92 Å². The first-order chi connectivity index (χ1) is 15.9. The van der Waals surface area contributed by atoms with Crippen molar-refractivity contribution < 1.29 is 29.0 Å². The second-order valence-electron chi connectivity index (χ2n) is 9.48. The highest BCUT2D eigenvalue weighted by molar-refractivity contribution is 9.09. The molecule has 0 aromatic rings. The Bertz CT molecular complexity index is 765. The van der Waals surface area contributed by atoms with Gasteiger partial charge >= 0.3 is 0 Å². The maximum atomic E-state index is 13.6. The van der Waals surface area contributed by atoms with Gasteiger partial charge in [0.1, 0.15) is 11.6 Å². The minimum atomic E-state index is -1.09. The summed E-state index contributed by atoms with van der Waals surface area (Å²) in [6.45, 7) is 8.06. The zero-order valence-electron chi connectivity index (χ0n) is 19.3. The number of aliphatic hydroxyl groups excluding tert-OH is 1. The van der Waals surface area contributed by atoms with Crippen molar-refractivity contribution >= 4 is 33.7 Å². The largest absolute Gasteiger partial charge is 0.394 e. The third-order valence-electron chi connectivity index (χ3n) is 7.40. The lowest BCUT2D eigenvalue weighted by Crippen LogP contribution is -2.58. The molecule has 4 rings (SSSR count). The van der Waals surface area contributed by atoms with Gasteiger partial charge in [-0.2, -0.15) is 0 Å². The second kappa shape index (κ2) is 10.2. The van der Waals surface area contributed by atoms with Gasteiger partial charge in [-0.25, -0.2) is 0 Å². The van der Waals surface area contributed by atoms with Crippen LogP contribution in [0.15, 0.2) is 0 Å². The van der Waals surface area contributed by atoms with Gasteiger partial charge in [0.25, 0.3) is 0 Å². The lowest BCUT2D eigenvalue weighted by atomic mass is 9.70. The summed E-state index contributed by atoms with van der Waals surface area (Å²) in [5, 5.41) is 15.8. The number of nitrogens with zero attached hydrogens (tertiary/aromatic N) is 2. The van der Waals surface area contributed by atoms with Gasteiger partial charge in [0.2, 0.25) is 17.7 Å². The Balaban J connectivity index is 1.56. The van der Waals surface area contributed by atoms with Crippen LogP contribution in [0.1, 0.15) is 26.7 Å². The summed E-state index contributed by atoms with van der Waals surface area (Å²) in [5.74, 6) is -2.20. The van der Waals surface area contributed by atoms with Crippen molar-refractivity contribution in [2.24, 2.45) is 11.8 Å². The Morgan fingerprint density at radius 1 is 1.24 bits per heavy atom. The summed E-state index contributed by atoms with van der Waals surface area (Å²) in [6.07, 6.45) is 0.779. The average Bonchev–Trinajstić information content (AvgIpc) is 3.41. The highest BCUT2D eigenvalue weighted by Gasteiger charge is 2.76. The Morgan fingerprint density at radius 3 is 2.61 bits per heavy atom. The summed E-state index contributed by atoms with van der Waals surface area (Å²) in [4.78, 5) is 43.7. The van der Waals surface area contributed by atoms with Crippen LogP contribution in [0, 0.1) is 11.8 Å². The molecule has 7 atom stereocenters. The molecule has 2 bridgehead atoms. The van der Waals surface area contributed by atoms with Crippen molar-refractivity contribution in [2.45, 2.75) is 55.3 Å². The van der Waals surface area contributed by atoms with E-state index in [1.165, 1.54) is 4.90 Å². The summed E-state index contributed by atoms with van der Waals surface area (Å²) < 4.78 is 11.8. The molecule has 11 heteroatoms. The van der Waals surface area contributed by atoms with E-state index in [0.29, 0.717) is 39.3 Å². The molecule has 4 saturated heterocycles. The Morgan fingerprint density at radius 2 is 1.94 bits per heavy atom. The molecule has 0 aromatic heterocycles. The molecule has 3 unspecified atom stereocenters. The molecule has 33 heavy (non-hydrogen) atoms. The molecule has 0 aromatic carbocycles. The maximum absolute atomic E-state index is 13.6. The predicted molar refractivity (Wildman–Crippen MR) is 123 cm³/mol. The van der Waals surface area contributed by atoms with Crippen LogP contribution in [-0.2, 0) is 23.9 Å². The zero-order valence-corrected chi connectivity index (χ0v) is 20.9. The first-order valence-electron chi connectivity index (χ1n) is 12.0. The minimum Gasteiger partial charge on any atom is -0.394 e. The summed E-state index contributed by atoms with van der Waals surface area (Å²) in [7, 11) is 0. The highest BCUT2D eigenvalue weighted by Crippen LogP contribution is 2.60. The van der Waals surface area contributed by atoms with Crippen LogP contribution in [0.5, 0.6) is 0 Å². The first-order valence-corrected chi connectivity index (χ1v) is 12.9. The first kappa shape index (κ1) is 24.8. The number of halogens is 1. The minimum absolute atomic E-state index is 0.132. The van der Waals surface area contributed by atoms with E-state index in [-0.39, 0.29) is 29.2 Å². The second-order valence-corrected chi connectivity index (χ2v) is 10.7. The molecule has 3 amide bonds. The van der Waals surface area contributed by atoms with Crippen LogP contribution in [0.2, 0.25) is 0 Å². The standard InChI is InChI=1S/C22H35BrN4O6/c1-3-4-24-19(29)15-16-21(31)27(13(2)12-28)18(22(16)11-14(23)17(15)33-22)20(30)25-5-6-26-7-9-32-10-8-26/h13-18,28H,3-12H2,1-2H3,(H,24,29)(H,25,30)/t13-,14?,15+,16+,17+,18?,22?/m1/s1. The summed E-state index contributed by atoms with van der Waals surface area (Å²) >= 11 is 3.64. The van der Waals surface area contributed by atoms with Crippen molar-refractivity contribution in [3.63, 3.8) is 0 Å². The SMILES string of the molecule is CCCNC(=O)[C@H]1[C@H]2C(=O)N([C@H](C)CO)C(C(=O)NCCN3CCOCC3)C23CC(Br)[C@@H]1O3. The fraction of sp³-hybridized carbons (Fsp3) is 0.864. The van der Waals surface area contributed by atoms with Gasteiger partial charge in [-0.05, 0) is 19.8 Å². The number of alkyl halides is 1. The van der Waals surface area contributed by atoms with E-state index in [9.17, 15) is 19.5 Å².